The molecule has 9 heteroatoms. The molecular weight excluding hydrogens is 407 g/mol. The Labute approximate surface area is 168 Å². The number of aromatic nitrogens is 2. The number of nitrogens with zero attached hydrogens (tertiary/aromatic N) is 2. The molecule has 3 aromatic rings. The van der Waals surface area contributed by atoms with Crippen LogP contribution in [-0.2, 0) is 12.6 Å². The Bertz CT molecular complexity index is 1000. The number of pyridine rings is 1. The fourth-order valence-corrected chi connectivity index (χ4v) is 4.11. The lowest BCUT2D eigenvalue weighted by atomic mass is 10.1. The monoisotopic (exact) mass is 423 g/mol. The molecule has 0 atom stereocenters. The van der Waals surface area contributed by atoms with Crippen LogP contribution in [0.2, 0.25) is 0 Å². The average Bonchev–Trinajstić information content (AvgIpc) is 3.00. The van der Waals surface area contributed by atoms with Gasteiger partial charge in [0.2, 0.25) is 0 Å². The highest BCUT2D eigenvalue weighted by Gasteiger charge is 2.30. The van der Waals surface area contributed by atoms with E-state index >= 15 is 0 Å². The Morgan fingerprint density at radius 1 is 1.25 bits per heavy atom. The maximum absolute atomic E-state index is 12.9. The first-order valence-electron chi connectivity index (χ1n) is 8.20. The Hall–Kier alpha value is -2.39. The fourth-order valence-electron chi connectivity index (χ4n) is 2.57. The van der Waals surface area contributed by atoms with Crippen LogP contribution in [0.15, 0.2) is 47.6 Å². The number of benzene rings is 1. The van der Waals surface area contributed by atoms with Gasteiger partial charge in [0.15, 0.2) is 0 Å². The highest BCUT2D eigenvalue weighted by atomic mass is 32.2. The first-order chi connectivity index (χ1) is 13.3. The number of amides is 1. The molecule has 2 heterocycles. The van der Waals surface area contributed by atoms with Gasteiger partial charge in [-0.25, -0.2) is 9.97 Å². The highest BCUT2D eigenvalue weighted by Crippen LogP contribution is 2.31. The molecule has 0 unspecified atom stereocenters. The van der Waals surface area contributed by atoms with Crippen molar-refractivity contribution < 1.29 is 18.0 Å². The Morgan fingerprint density at radius 2 is 2.04 bits per heavy atom. The first-order valence-corrected chi connectivity index (χ1v) is 10.2. The molecule has 0 bridgehead atoms. The Balaban J connectivity index is 1.78. The largest absolute Gasteiger partial charge is 0.416 e. The van der Waals surface area contributed by atoms with E-state index in [2.05, 4.69) is 15.3 Å². The van der Waals surface area contributed by atoms with Gasteiger partial charge in [-0.2, -0.15) is 13.2 Å². The van der Waals surface area contributed by atoms with Crippen molar-refractivity contribution in [3.05, 3.63) is 70.0 Å². The van der Waals surface area contributed by atoms with Crippen LogP contribution in [0.25, 0.3) is 0 Å². The average molecular weight is 423 g/mol. The minimum Gasteiger partial charge on any atom is -0.312 e. The van der Waals surface area contributed by atoms with Gasteiger partial charge in [0, 0.05) is 12.6 Å². The van der Waals surface area contributed by atoms with Gasteiger partial charge in [-0.3, -0.25) is 4.79 Å². The molecule has 0 aliphatic heterocycles. The second-order valence-electron chi connectivity index (χ2n) is 5.91. The summed E-state index contributed by atoms with van der Waals surface area (Å²) >= 11 is 2.63. The molecule has 0 aliphatic carbocycles. The van der Waals surface area contributed by atoms with Crippen LogP contribution in [0.5, 0.6) is 0 Å². The number of carbonyl (C=O) groups is 1. The molecule has 0 saturated heterocycles. The van der Waals surface area contributed by atoms with E-state index in [0.29, 0.717) is 31.9 Å². The van der Waals surface area contributed by atoms with E-state index < -0.39 is 11.7 Å². The zero-order valence-electron chi connectivity index (χ0n) is 15.0. The van der Waals surface area contributed by atoms with E-state index in [1.807, 2.05) is 6.26 Å². The number of carbonyl (C=O) groups excluding carboxylic acids is 1. The topological polar surface area (TPSA) is 54.9 Å². The van der Waals surface area contributed by atoms with Crippen molar-refractivity contribution in [1.82, 2.24) is 9.97 Å². The summed E-state index contributed by atoms with van der Waals surface area (Å²) in [4.78, 5) is 21.1. The molecule has 4 nitrogen and oxygen atoms in total. The molecule has 0 spiro atoms. The van der Waals surface area contributed by atoms with Crippen LogP contribution in [0.3, 0.4) is 0 Å². The van der Waals surface area contributed by atoms with Crippen molar-refractivity contribution in [2.75, 3.05) is 11.6 Å². The first kappa shape index (κ1) is 20.3. The summed E-state index contributed by atoms with van der Waals surface area (Å²) in [6.07, 6.45) is -0.668. The molecule has 0 saturated carbocycles. The van der Waals surface area contributed by atoms with E-state index in [0.717, 1.165) is 12.1 Å². The predicted molar refractivity (Wildman–Crippen MR) is 105 cm³/mol. The third-order valence-corrected chi connectivity index (χ3v) is 5.67. The van der Waals surface area contributed by atoms with Crippen LogP contribution in [0.4, 0.5) is 18.2 Å². The lowest BCUT2D eigenvalue weighted by Gasteiger charge is -2.07. The second-order valence-corrected chi connectivity index (χ2v) is 7.79. The number of anilines is 1. The summed E-state index contributed by atoms with van der Waals surface area (Å²) < 4.78 is 38.6. The van der Waals surface area contributed by atoms with E-state index in [1.54, 1.807) is 31.3 Å². The lowest BCUT2D eigenvalue weighted by Crippen LogP contribution is -2.13. The minimum atomic E-state index is -4.38. The molecule has 1 aromatic carbocycles. The Kier molecular flexibility index (Phi) is 6.04. The van der Waals surface area contributed by atoms with Gasteiger partial charge in [0.25, 0.3) is 5.91 Å². The number of aryl methyl sites for hydroxylation is 1. The van der Waals surface area contributed by atoms with E-state index in [9.17, 15) is 18.0 Å². The van der Waals surface area contributed by atoms with Gasteiger partial charge in [-0.1, -0.05) is 18.2 Å². The number of hydrogen-bond donors (Lipinski definition) is 1. The van der Waals surface area contributed by atoms with E-state index in [4.69, 9.17) is 0 Å². The van der Waals surface area contributed by atoms with Crippen molar-refractivity contribution >= 4 is 34.0 Å². The summed E-state index contributed by atoms with van der Waals surface area (Å²) in [7, 11) is 0. The molecule has 3 rings (SSSR count). The summed E-state index contributed by atoms with van der Waals surface area (Å²) in [6.45, 7) is 1.75. The normalized spacial score (nSPS) is 11.5. The van der Waals surface area contributed by atoms with Gasteiger partial charge >= 0.3 is 6.18 Å². The molecule has 1 amide bonds. The third kappa shape index (κ3) is 4.71. The standard InChI is InChI=1S/C19H16F3N3OS2/c1-11-17(25-16(26)14-7-4-8-23-18(14)27-2)28-15(24-11)10-12-5-3-6-13(9-12)19(20,21)22/h3-9H,10H2,1-2H3,(H,25,26). The van der Waals surface area contributed by atoms with Crippen molar-refractivity contribution in [3.8, 4) is 0 Å². The van der Waals surface area contributed by atoms with Crippen LogP contribution in [0.1, 0.15) is 32.2 Å². The van der Waals surface area contributed by atoms with Gasteiger partial charge < -0.3 is 5.32 Å². The summed E-state index contributed by atoms with van der Waals surface area (Å²) in [5.41, 5.74) is 0.906. The molecule has 146 valence electrons. The number of thioether (sulfide) groups is 1. The number of nitrogens with one attached hydrogen (secondary N) is 1. The number of halogens is 3. The van der Waals surface area contributed by atoms with Crippen molar-refractivity contribution in [3.63, 3.8) is 0 Å². The number of alkyl halides is 3. The third-order valence-electron chi connectivity index (χ3n) is 3.89. The van der Waals surface area contributed by atoms with Crippen LogP contribution in [0, 0.1) is 6.92 Å². The quantitative estimate of drug-likeness (QED) is 0.556. The van der Waals surface area contributed by atoms with Crippen molar-refractivity contribution in [2.24, 2.45) is 0 Å². The zero-order chi connectivity index (χ0) is 20.3. The maximum Gasteiger partial charge on any atom is 0.416 e. The molecule has 0 aliphatic rings. The fraction of sp³-hybridized carbons (Fsp3) is 0.211. The van der Waals surface area contributed by atoms with Gasteiger partial charge in [-0.05, 0) is 36.9 Å². The molecular formula is C19H16F3N3OS2. The minimum absolute atomic E-state index is 0.258. The van der Waals surface area contributed by atoms with Crippen LogP contribution in [-0.4, -0.2) is 22.1 Å². The summed E-state index contributed by atoms with van der Waals surface area (Å²) in [5, 5.41) is 4.64. The smallest absolute Gasteiger partial charge is 0.312 e. The Morgan fingerprint density at radius 3 is 2.75 bits per heavy atom. The number of rotatable bonds is 5. The second kappa shape index (κ2) is 8.32. The summed E-state index contributed by atoms with van der Waals surface area (Å²) in [5.74, 6) is -0.296. The predicted octanol–water partition coefficient (Wildman–Crippen LogP) is 5.43. The van der Waals surface area contributed by atoms with Gasteiger partial charge in [0.05, 0.1) is 21.8 Å². The number of thiazole rings is 1. The van der Waals surface area contributed by atoms with E-state index in [-0.39, 0.29) is 12.3 Å². The number of hydrogen-bond acceptors (Lipinski definition) is 5. The molecule has 0 fully saturated rings. The van der Waals surface area contributed by atoms with Gasteiger partial charge in [0.1, 0.15) is 10.0 Å². The van der Waals surface area contributed by atoms with Crippen LogP contribution < -0.4 is 5.32 Å². The highest BCUT2D eigenvalue weighted by molar-refractivity contribution is 7.98. The maximum atomic E-state index is 12.9. The van der Waals surface area contributed by atoms with Crippen molar-refractivity contribution in [1.29, 1.82) is 0 Å². The SMILES string of the molecule is CSc1ncccc1C(=O)Nc1sc(Cc2cccc(C(F)(F)F)c2)nc1C. The van der Waals surface area contributed by atoms with E-state index in [1.165, 1.54) is 29.2 Å². The lowest BCUT2D eigenvalue weighted by molar-refractivity contribution is -0.137. The molecule has 2 aromatic heterocycles. The summed E-state index contributed by atoms with van der Waals surface area (Å²) in [6, 6.07) is 8.55. The van der Waals surface area contributed by atoms with Gasteiger partial charge in [-0.15, -0.1) is 23.1 Å². The molecule has 0 radical (unpaired) electrons. The van der Waals surface area contributed by atoms with Crippen LogP contribution >= 0.6 is 23.1 Å². The molecule has 28 heavy (non-hydrogen) atoms. The van der Waals surface area contributed by atoms with Crippen molar-refractivity contribution in [2.45, 2.75) is 24.5 Å². The molecule has 1 N–H and O–H groups in total. The zero-order valence-corrected chi connectivity index (χ0v) is 16.6.